The summed E-state index contributed by atoms with van der Waals surface area (Å²) in [5, 5.41) is 0. The van der Waals surface area contributed by atoms with Crippen LogP contribution < -0.4 is 0 Å². The molecule has 2 nitrogen and oxygen atoms in total. The molecule has 1 rings (SSSR count). The van der Waals surface area contributed by atoms with Crippen molar-refractivity contribution in [3.63, 3.8) is 0 Å². The Kier molecular flexibility index (Phi) is 3.17. The normalized spacial score (nSPS) is 11.7. The smallest absolute Gasteiger partial charge is 0.175 e. The van der Waals surface area contributed by atoms with Crippen molar-refractivity contribution in [1.29, 1.82) is 0 Å². The van der Waals surface area contributed by atoms with E-state index in [1.54, 1.807) is 6.92 Å². The van der Waals surface area contributed by atoms with Gasteiger partial charge in [0.1, 0.15) is 5.82 Å². The van der Waals surface area contributed by atoms with Gasteiger partial charge in [-0.15, -0.1) is 11.6 Å². The van der Waals surface area contributed by atoms with Crippen molar-refractivity contribution in [2.24, 2.45) is 0 Å². The predicted octanol–water partition coefficient (Wildman–Crippen LogP) is 2.28. The molecule has 0 aromatic heterocycles. The summed E-state index contributed by atoms with van der Waals surface area (Å²) in [6.07, 6.45) is 1.05. The molecule has 0 spiro atoms. The van der Waals surface area contributed by atoms with Gasteiger partial charge in [-0.3, -0.25) is 0 Å². The third-order valence-corrected chi connectivity index (χ3v) is 3.49. The molecule has 0 aliphatic carbocycles. The van der Waals surface area contributed by atoms with E-state index in [1.807, 2.05) is 0 Å². The minimum absolute atomic E-state index is 0.00755. The van der Waals surface area contributed by atoms with Gasteiger partial charge in [0.2, 0.25) is 0 Å². The number of sulfone groups is 1. The van der Waals surface area contributed by atoms with Crippen molar-refractivity contribution in [2.75, 3.05) is 6.26 Å². The third-order valence-electron chi connectivity index (χ3n) is 1.98. The molecule has 0 aliphatic heterocycles. The molecule has 0 unspecified atom stereocenters. The van der Waals surface area contributed by atoms with Crippen LogP contribution in [0.1, 0.15) is 11.1 Å². The summed E-state index contributed by atoms with van der Waals surface area (Å²) in [5.74, 6) is -0.474. The molecule has 14 heavy (non-hydrogen) atoms. The maximum Gasteiger partial charge on any atom is 0.175 e. The largest absolute Gasteiger partial charge is 0.224 e. The Morgan fingerprint density at radius 3 is 2.43 bits per heavy atom. The quantitative estimate of drug-likeness (QED) is 0.739. The zero-order valence-electron chi connectivity index (χ0n) is 7.84. The average molecular weight is 237 g/mol. The van der Waals surface area contributed by atoms with E-state index in [9.17, 15) is 12.8 Å². The number of rotatable bonds is 2. The number of hydrogen-bond donors (Lipinski definition) is 0. The van der Waals surface area contributed by atoms with Gasteiger partial charge in [0.25, 0.3) is 0 Å². The van der Waals surface area contributed by atoms with Crippen LogP contribution in [0.4, 0.5) is 4.39 Å². The van der Waals surface area contributed by atoms with Gasteiger partial charge in [-0.25, -0.2) is 12.8 Å². The molecule has 1 aromatic carbocycles. The highest BCUT2D eigenvalue weighted by Crippen LogP contribution is 2.22. The lowest BCUT2D eigenvalue weighted by molar-refractivity contribution is 0.594. The lowest BCUT2D eigenvalue weighted by Crippen LogP contribution is -2.03. The molecule has 0 atom stereocenters. The van der Waals surface area contributed by atoms with Gasteiger partial charge >= 0.3 is 0 Å². The van der Waals surface area contributed by atoms with E-state index in [0.717, 1.165) is 12.3 Å². The molecule has 0 radical (unpaired) electrons. The van der Waals surface area contributed by atoms with Crippen molar-refractivity contribution in [3.8, 4) is 0 Å². The molecule has 0 aliphatic rings. The summed E-state index contributed by atoms with van der Waals surface area (Å²) in [6, 6.07) is 2.26. The van der Waals surface area contributed by atoms with Crippen LogP contribution in [0.5, 0.6) is 0 Å². The van der Waals surface area contributed by atoms with Crippen molar-refractivity contribution in [1.82, 2.24) is 0 Å². The Morgan fingerprint density at radius 2 is 2.00 bits per heavy atom. The fourth-order valence-corrected chi connectivity index (χ4v) is 2.52. The van der Waals surface area contributed by atoms with Crippen LogP contribution in [-0.4, -0.2) is 14.7 Å². The van der Waals surface area contributed by atoms with Crippen LogP contribution in [0, 0.1) is 12.7 Å². The Labute approximate surface area is 87.6 Å². The molecule has 0 heterocycles. The second-order valence-corrected chi connectivity index (χ2v) is 5.35. The van der Waals surface area contributed by atoms with Gasteiger partial charge in [0.05, 0.1) is 4.90 Å². The van der Waals surface area contributed by atoms with E-state index < -0.39 is 15.7 Å². The van der Waals surface area contributed by atoms with Crippen LogP contribution in [0.3, 0.4) is 0 Å². The van der Waals surface area contributed by atoms with Crippen molar-refractivity contribution < 1.29 is 12.8 Å². The number of halogens is 2. The summed E-state index contributed by atoms with van der Waals surface area (Å²) in [4.78, 5) is 0.00755. The first-order valence-electron chi connectivity index (χ1n) is 3.91. The van der Waals surface area contributed by atoms with Crippen LogP contribution in [0.15, 0.2) is 17.0 Å². The average Bonchev–Trinajstić information content (AvgIpc) is 2.06. The first-order chi connectivity index (χ1) is 6.36. The van der Waals surface area contributed by atoms with Crippen molar-refractivity contribution in [3.05, 3.63) is 29.1 Å². The Bertz CT molecular complexity index is 454. The molecule has 0 fully saturated rings. The maximum absolute atomic E-state index is 13.0. The van der Waals surface area contributed by atoms with Gasteiger partial charge in [0.15, 0.2) is 9.84 Å². The Hall–Kier alpha value is -0.610. The van der Waals surface area contributed by atoms with Crippen LogP contribution in [0.25, 0.3) is 0 Å². The third kappa shape index (κ3) is 2.25. The fourth-order valence-electron chi connectivity index (χ4n) is 1.23. The van der Waals surface area contributed by atoms with E-state index in [0.29, 0.717) is 11.1 Å². The summed E-state index contributed by atoms with van der Waals surface area (Å²) in [5.41, 5.74) is 1.02. The summed E-state index contributed by atoms with van der Waals surface area (Å²) >= 11 is 5.56. The van der Waals surface area contributed by atoms with E-state index in [2.05, 4.69) is 0 Å². The monoisotopic (exact) mass is 236 g/mol. The van der Waals surface area contributed by atoms with Gasteiger partial charge in [-0.2, -0.15) is 0 Å². The summed E-state index contributed by atoms with van der Waals surface area (Å²) < 4.78 is 35.5. The molecule has 0 N–H and O–H groups in total. The second-order valence-electron chi connectivity index (χ2n) is 3.09. The molecule has 78 valence electrons. The van der Waals surface area contributed by atoms with Crippen molar-refractivity contribution >= 4 is 21.4 Å². The lowest BCUT2D eigenvalue weighted by Gasteiger charge is -2.07. The molecule has 0 saturated carbocycles. The summed E-state index contributed by atoms with van der Waals surface area (Å²) in [6.45, 7) is 1.62. The fraction of sp³-hybridized carbons (Fsp3) is 0.333. The van der Waals surface area contributed by atoms with Gasteiger partial charge in [-0.05, 0) is 30.2 Å². The van der Waals surface area contributed by atoms with Crippen molar-refractivity contribution in [2.45, 2.75) is 17.7 Å². The minimum Gasteiger partial charge on any atom is -0.224 e. The standard InChI is InChI=1S/C9H10ClFO2S/c1-6-7(5-10)3-8(11)4-9(6)14(2,12)13/h3-4H,5H2,1-2H3. The van der Waals surface area contributed by atoms with Gasteiger partial charge < -0.3 is 0 Å². The van der Waals surface area contributed by atoms with Crippen LogP contribution in [0.2, 0.25) is 0 Å². The van der Waals surface area contributed by atoms with Gasteiger partial charge in [-0.1, -0.05) is 0 Å². The molecular weight excluding hydrogens is 227 g/mol. The number of hydrogen-bond acceptors (Lipinski definition) is 2. The first-order valence-corrected chi connectivity index (χ1v) is 6.34. The summed E-state index contributed by atoms with van der Waals surface area (Å²) in [7, 11) is -3.39. The topological polar surface area (TPSA) is 34.1 Å². The zero-order chi connectivity index (χ0) is 10.9. The Morgan fingerprint density at radius 1 is 1.43 bits per heavy atom. The van der Waals surface area contributed by atoms with E-state index in [4.69, 9.17) is 11.6 Å². The lowest BCUT2D eigenvalue weighted by atomic mass is 10.1. The minimum atomic E-state index is -3.39. The molecular formula is C9H10ClFO2S. The zero-order valence-corrected chi connectivity index (χ0v) is 9.41. The van der Waals surface area contributed by atoms with Crippen LogP contribution in [-0.2, 0) is 15.7 Å². The van der Waals surface area contributed by atoms with Gasteiger partial charge in [0, 0.05) is 12.1 Å². The van der Waals surface area contributed by atoms with E-state index in [-0.39, 0.29) is 10.8 Å². The maximum atomic E-state index is 13.0. The molecule has 0 amide bonds. The SMILES string of the molecule is Cc1c(CCl)cc(F)cc1S(C)(=O)=O. The Balaban J connectivity index is 3.53. The van der Waals surface area contributed by atoms with Crippen LogP contribution >= 0.6 is 11.6 Å². The highest BCUT2D eigenvalue weighted by Gasteiger charge is 2.14. The number of benzene rings is 1. The van der Waals surface area contributed by atoms with E-state index in [1.165, 1.54) is 6.07 Å². The molecule has 5 heteroatoms. The van der Waals surface area contributed by atoms with E-state index >= 15 is 0 Å². The predicted molar refractivity (Wildman–Crippen MR) is 53.8 cm³/mol. The molecule has 1 aromatic rings. The highest BCUT2D eigenvalue weighted by molar-refractivity contribution is 7.90. The molecule has 0 saturated heterocycles. The highest BCUT2D eigenvalue weighted by atomic mass is 35.5. The molecule has 0 bridgehead atoms. The second kappa shape index (κ2) is 3.87. The first kappa shape index (κ1) is 11.5. The number of alkyl halides is 1.